The van der Waals surface area contributed by atoms with E-state index in [2.05, 4.69) is 21.3 Å². The van der Waals surface area contributed by atoms with Crippen LogP contribution in [-0.2, 0) is 4.74 Å². The van der Waals surface area contributed by atoms with Gasteiger partial charge >= 0.3 is 0 Å². The molecule has 0 spiro atoms. The van der Waals surface area contributed by atoms with Crippen LogP contribution in [0.3, 0.4) is 0 Å². The van der Waals surface area contributed by atoms with Crippen molar-refractivity contribution < 1.29 is 4.74 Å². The number of likely N-dealkylation sites (tertiary alicyclic amines) is 1. The van der Waals surface area contributed by atoms with Crippen LogP contribution in [-0.4, -0.2) is 46.1 Å². The van der Waals surface area contributed by atoms with Gasteiger partial charge in [0, 0.05) is 19.1 Å². The van der Waals surface area contributed by atoms with Crippen LogP contribution in [0.1, 0.15) is 25.5 Å². The van der Waals surface area contributed by atoms with Crippen LogP contribution in [0.5, 0.6) is 0 Å². The van der Waals surface area contributed by atoms with Gasteiger partial charge in [-0.3, -0.25) is 0 Å². The maximum Gasteiger partial charge on any atom is 0.156 e. The Morgan fingerprint density at radius 3 is 2.95 bits per heavy atom. The van der Waals surface area contributed by atoms with Crippen LogP contribution in [0, 0.1) is 5.92 Å². The number of aromatic nitrogens is 3. The molecule has 3 heterocycles. The monoisotopic (exact) mass is 272 g/mol. The van der Waals surface area contributed by atoms with Crippen molar-refractivity contribution in [2.24, 2.45) is 5.92 Å². The first kappa shape index (κ1) is 12.3. The Balaban J connectivity index is 1.59. The highest BCUT2D eigenvalue weighted by atomic mass is 16.5. The van der Waals surface area contributed by atoms with Crippen LogP contribution >= 0.6 is 0 Å². The Hall–Kier alpha value is -1.46. The summed E-state index contributed by atoms with van der Waals surface area (Å²) in [7, 11) is 0. The number of benzene rings is 1. The molecule has 4 rings (SSSR count). The second kappa shape index (κ2) is 5.14. The summed E-state index contributed by atoms with van der Waals surface area (Å²) in [4.78, 5) is 2.56. The van der Waals surface area contributed by atoms with Gasteiger partial charge < -0.3 is 9.64 Å². The first-order chi connectivity index (χ1) is 9.92. The minimum atomic E-state index is 0.0444. The Morgan fingerprint density at radius 1 is 1.20 bits per heavy atom. The SMILES string of the molecule is c1ccc2c(c1)nnn2[C@H]1OCC[C@H]1CN1CCCC1. The van der Waals surface area contributed by atoms with E-state index in [0.29, 0.717) is 5.92 Å². The van der Waals surface area contributed by atoms with Crippen LogP contribution in [0.4, 0.5) is 0 Å². The number of fused-ring (bicyclic) bond motifs is 1. The van der Waals surface area contributed by atoms with E-state index in [1.807, 2.05) is 22.9 Å². The molecule has 1 aromatic carbocycles. The molecule has 2 saturated heterocycles. The molecule has 0 saturated carbocycles. The molecule has 0 unspecified atom stereocenters. The van der Waals surface area contributed by atoms with Crippen molar-refractivity contribution in [3.63, 3.8) is 0 Å². The van der Waals surface area contributed by atoms with E-state index in [4.69, 9.17) is 4.74 Å². The van der Waals surface area contributed by atoms with E-state index in [0.717, 1.165) is 30.6 Å². The number of nitrogens with zero attached hydrogens (tertiary/aromatic N) is 4. The number of hydrogen-bond donors (Lipinski definition) is 0. The quantitative estimate of drug-likeness (QED) is 0.858. The van der Waals surface area contributed by atoms with Crippen LogP contribution < -0.4 is 0 Å². The first-order valence-electron chi connectivity index (χ1n) is 7.56. The summed E-state index contributed by atoms with van der Waals surface area (Å²) >= 11 is 0. The predicted molar refractivity (Wildman–Crippen MR) is 76.3 cm³/mol. The van der Waals surface area contributed by atoms with E-state index in [9.17, 15) is 0 Å². The lowest BCUT2D eigenvalue weighted by Crippen LogP contribution is -2.30. The Bertz CT molecular complexity index is 590. The first-order valence-corrected chi connectivity index (χ1v) is 7.56. The molecule has 2 fully saturated rings. The van der Waals surface area contributed by atoms with Crippen LogP contribution in [0.25, 0.3) is 11.0 Å². The van der Waals surface area contributed by atoms with Crippen molar-refractivity contribution in [3.05, 3.63) is 24.3 Å². The molecule has 5 heteroatoms. The van der Waals surface area contributed by atoms with Crippen molar-refractivity contribution in [2.45, 2.75) is 25.5 Å². The lowest BCUT2D eigenvalue weighted by Gasteiger charge is -2.24. The second-order valence-corrected chi connectivity index (χ2v) is 5.84. The summed E-state index contributed by atoms with van der Waals surface area (Å²) < 4.78 is 7.94. The zero-order chi connectivity index (χ0) is 13.4. The highest BCUT2D eigenvalue weighted by Crippen LogP contribution is 2.32. The van der Waals surface area contributed by atoms with Gasteiger partial charge in [0.1, 0.15) is 5.52 Å². The predicted octanol–water partition coefficient (Wildman–Crippen LogP) is 2.06. The molecule has 2 atom stereocenters. The Kier molecular flexibility index (Phi) is 3.16. The van der Waals surface area contributed by atoms with E-state index in [1.54, 1.807) is 0 Å². The smallest absolute Gasteiger partial charge is 0.156 e. The molecule has 2 aliphatic rings. The number of para-hydroxylation sites is 1. The molecule has 0 bridgehead atoms. The van der Waals surface area contributed by atoms with Gasteiger partial charge in [0.15, 0.2) is 6.23 Å². The summed E-state index contributed by atoms with van der Waals surface area (Å²) in [5.41, 5.74) is 2.02. The minimum Gasteiger partial charge on any atom is -0.356 e. The van der Waals surface area contributed by atoms with E-state index >= 15 is 0 Å². The maximum atomic E-state index is 5.96. The fourth-order valence-corrected chi connectivity index (χ4v) is 3.44. The molecule has 2 aliphatic heterocycles. The van der Waals surface area contributed by atoms with Crippen molar-refractivity contribution in [3.8, 4) is 0 Å². The molecular weight excluding hydrogens is 252 g/mol. The largest absolute Gasteiger partial charge is 0.356 e. The van der Waals surface area contributed by atoms with Gasteiger partial charge in [0.25, 0.3) is 0 Å². The standard InChI is InChI=1S/C15H20N4O/c1-2-6-14-13(5-1)16-17-19(14)15-12(7-10-20-15)11-18-8-3-4-9-18/h1-2,5-6,12,15H,3-4,7-11H2/t12-,15-/m0/s1. The Morgan fingerprint density at radius 2 is 2.05 bits per heavy atom. The van der Waals surface area contributed by atoms with Gasteiger partial charge in [-0.2, -0.15) is 0 Å². The highest BCUT2D eigenvalue weighted by molar-refractivity contribution is 5.73. The molecule has 1 aromatic heterocycles. The number of ether oxygens (including phenoxy) is 1. The highest BCUT2D eigenvalue weighted by Gasteiger charge is 2.33. The zero-order valence-electron chi connectivity index (χ0n) is 11.6. The normalized spacial score (nSPS) is 27.6. The topological polar surface area (TPSA) is 43.2 Å². The summed E-state index contributed by atoms with van der Waals surface area (Å²) in [5.74, 6) is 0.526. The van der Waals surface area contributed by atoms with E-state index in [-0.39, 0.29) is 6.23 Å². The fraction of sp³-hybridized carbons (Fsp3) is 0.600. The number of rotatable bonds is 3. The van der Waals surface area contributed by atoms with Crippen LogP contribution in [0.2, 0.25) is 0 Å². The summed E-state index contributed by atoms with van der Waals surface area (Å²) in [5, 5.41) is 8.57. The average Bonchev–Trinajstić information content (AvgIpc) is 3.19. The van der Waals surface area contributed by atoms with Gasteiger partial charge in [-0.15, -0.1) is 5.10 Å². The third-order valence-electron chi connectivity index (χ3n) is 4.49. The third kappa shape index (κ3) is 2.11. The molecule has 0 N–H and O–H groups in total. The van der Waals surface area contributed by atoms with E-state index in [1.165, 1.54) is 25.9 Å². The maximum absolute atomic E-state index is 5.96. The lowest BCUT2D eigenvalue weighted by molar-refractivity contribution is 0.0176. The Labute approximate surface area is 118 Å². The molecule has 20 heavy (non-hydrogen) atoms. The summed E-state index contributed by atoms with van der Waals surface area (Å²) in [6, 6.07) is 8.11. The van der Waals surface area contributed by atoms with Gasteiger partial charge in [-0.25, -0.2) is 4.68 Å². The van der Waals surface area contributed by atoms with Gasteiger partial charge in [-0.05, 0) is 44.5 Å². The molecule has 0 amide bonds. The van der Waals surface area contributed by atoms with Crippen molar-refractivity contribution in [1.82, 2.24) is 19.9 Å². The molecule has 106 valence electrons. The van der Waals surface area contributed by atoms with E-state index < -0.39 is 0 Å². The number of hydrogen-bond acceptors (Lipinski definition) is 4. The van der Waals surface area contributed by atoms with Crippen molar-refractivity contribution in [1.29, 1.82) is 0 Å². The van der Waals surface area contributed by atoms with Crippen LogP contribution in [0.15, 0.2) is 24.3 Å². The third-order valence-corrected chi connectivity index (χ3v) is 4.49. The minimum absolute atomic E-state index is 0.0444. The van der Waals surface area contributed by atoms with Gasteiger partial charge in [0.2, 0.25) is 0 Å². The molecule has 0 aliphatic carbocycles. The van der Waals surface area contributed by atoms with Crippen molar-refractivity contribution in [2.75, 3.05) is 26.2 Å². The lowest BCUT2D eigenvalue weighted by atomic mass is 10.1. The van der Waals surface area contributed by atoms with Gasteiger partial charge in [-0.1, -0.05) is 17.3 Å². The van der Waals surface area contributed by atoms with Gasteiger partial charge in [0.05, 0.1) is 5.52 Å². The zero-order valence-corrected chi connectivity index (χ0v) is 11.6. The fourth-order valence-electron chi connectivity index (χ4n) is 3.44. The summed E-state index contributed by atoms with van der Waals surface area (Å²) in [6.45, 7) is 4.43. The van der Waals surface area contributed by atoms with Crippen molar-refractivity contribution >= 4 is 11.0 Å². The average molecular weight is 272 g/mol. The molecular formula is C15H20N4O. The second-order valence-electron chi connectivity index (χ2n) is 5.84. The summed E-state index contributed by atoms with van der Waals surface area (Å²) in [6.07, 6.45) is 3.84. The molecule has 5 nitrogen and oxygen atoms in total. The molecule has 2 aromatic rings. The molecule has 0 radical (unpaired) electrons.